The van der Waals surface area contributed by atoms with Gasteiger partial charge in [0, 0.05) is 18.7 Å². The number of likely N-dealkylation sites (tertiary alicyclic amines) is 1. The predicted molar refractivity (Wildman–Crippen MR) is 140 cm³/mol. The van der Waals surface area contributed by atoms with Gasteiger partial charge in [-0.15, -0.1) is 0 Å². The van der Waals surface area contributed by atoms with Crippen LogP contribution in [0.4, 0.5) is 0 Å². The number of aliphatic hydroxyl groups excluding tert-OH is 1. The minimum absolute atomic E-state index is 0.135. The number of carbonyl (C=O) groups is 2. The number of Topliss-reactive ketones (excluding diaryl/α,β-unsaturated/α-hetero) is 1. The molecular weight excluding hydrogens is 440 g/mol. The molecule has 0 aromatic heterocycles. The molecule has 2 aromatic rings. The van der Waals surface area contributed by atoms with Gasteiger partial charge in [-0.3, -0.25) is 9.59 Å². The summed E-state index contributed by atoms with van der Waals surface area (Å²) in [6.45, 7) is 15.5. The smallest absolute Gasteiger partial charge is 0.295 e. The Labute approximate surface area is 209 Å². The van der Waals surface area contributed by atoms with Crippen molar-refractivity contribution in [2.75, 3.05) is 32.8 Å². The average Bonchev–Trinajstić information content (AvgIpc) is 3.10. The summed E-state index contributed by atoms with van der Waals surface area (Å²) in [4.78, 5) is 30.3. The Morgan fingerprint density at radius 2 is 1.71 bits per heavy atom. The zero-order valence-electron chi connectivity index (χ0n) is 21.8. The van der Waals surface area contributed by atoms with Crippen LogP contribution in [0.5, 0.6) is 5.75 Å². The zero-order valence-corrected chi connectivity index (χ0v) is 21.8. The standard InChI is InChI=1S/C29H38N2O4/c1-7-30(8-2)16-17-31-26(22-12-10-21(11-13-22)19(4)5)25(28(33)29(31)34)27(32)23-14-15-24(35-9-3)20(6)18-23/h10-15,18-19,26,32H,7-9,16-17H2,1-6H3. The molecule has 1 amide bonds. The lowest BCUT2D eigenvalue weighted by Gasteiger charge is -2.28. The normalized spacial score (nSPS) is 17.6. The van der Waals surface area contributed by atoms with Crippen molar-refractivity contribution >= 4 is 17.4 Å². The van der Waals surface area contributed by atoms with Crippen LogP contribution >= 0.6 is 0 Å². The minimum Gasteiger partial charge on any atom is -0.507 e. The molecular formula is C29H38N2O4. The minimum atomic E-state index is -0.647. The lowest BCUT2D eigenvalue weighted by atomic mass is 9.93. The molecule has 1 aliphatic heterocycles. The molecule has 2 aromatic carbocycles. The number of carbonyl (C=O) groups excluding carboxylic acids is 2. The van der Waals surface area contributed by atoms with Crippen molar-refractivity contribution in [2.24, 2.45) is 0 Å². The van der Waals surface area contributed by atoms with Gasteiger partial charge in [-0.05, 0) is 67.7 Å². The van der Waals surface area contributed by atoms with E-state index in [2.05, 4.69) is 32.6 Å². The molecule has 3 rings (SSSR count). The summed E-state index contributed by atoms with van der Waals surface area (Å²) in [5, 5.41) is 11.3. The molecule has 0 radical (unpaired) electrons. The van der Waals surface area contributed by atoms with E-state index in [-0.39, 0.29) is 11.3 Å². The number of ether oxygens (including phenoxy) is 1. The number of rotatable bonds is 10. The molecule has 6 heteroatoms. The maximum absolute atomic E-state index is 13.3. The molecule has 6 nitrogen and oxygen atoms in total. The Hall–Kier alpha value is -3.12. The van der Waals surface area contributed by atoms with Crippen molar-refractivity contribution in [3.05, 3.63) is 70.3 Å². The lowest BCUT2D eigenvalue weighted by Crippen LogP contribution is -2.38. The SMILES string of the molecule is CCOc1ccc(C(O)=C2C(=O)C(=O)N(CCN(CC)CC)C2c2ccc(C(C)C)cc2)cc1C. The molecule has 1 atom stereocenters. The summed E-state index contributed by atoms with van der Waals surface area (Å²) >= 11 is 0. The first-order valence-electron chi connectivity index (χ1n) is 12.6. The zero-order chi connectivity index (χ0) is 25.7. The third-order valence-corrected chi connectivity index (χ3v) is 6.76. The molecule has 1 aliphatic rings. The monoisotopic (exact) mass is 478 g/mol. The van der Waals surface area contributed by atoms with Crippen molar-refractivity contribution in [2.45, 2.75) is 53.5 Å². The second kappa shape index (κ2) is 11.5. The van der Waals surface area contributed by atoms with Crippen LogP contribution in [-0.4, -0.2) is 59.4 Å². The molecule has 35 heavy (non-hydrogen) atoms. The van der Waals surface area contributed by atoms with E-state index in [1.54, 1.807) is 23.1 Å². The number of benzene rings is 2. The van der Waals surface area contributed by atoms with Gasteiger partial charge in [0.05, 0.1) is 18.2 Å². The maximum Gasteiger partial charge on any atom is 0.295 e. The Balaban J connectivity index is 2.10. The highest BCUT2D eigenvalue weighted by atomic mass is 16.5. The van der Waals surface area contributed by atoms with Crippen LogP contribution in [0.15, 0.2) is 48.0 Å². The maximum atomic E-state index is 13.3. The molecule has 188 valence electrons. The predicted octanol–water partition coefficient (Wildman–Crippen LogP) is 5.28. The van der Waals surface area contributed by atoms with Gasteiger partial charge in [0.25, 0.3) is 11.7 Å². The molecule has 1 heterocycles. The van der Waals surface area contributed by atoms with E-state index < -0.39 is 17.7 Å². The fraction of sp³-hybridized carbons (Fsp3) is 0.448. The molecule has 0 aliphatic carbocycles. The highest BCUT2D eigenvalue weighted by molar-refractivity contribution is 6.46. The Morgan fingerprint density at radius 3 is 2.26 bits per heavy atom. The molecule has 1 saturated heterocycles. The Morgan fingerprint density at radius 1 is 1.06 bits per heavy atom. The van der Waals surface area contributed by atoms with E-state index in [1.165, 1.54) is 5.56 Å². The van der Waals surface area contributed by atoms with Crippen LogP contribution in [0.2, 0.25) is 0 Å². The molecule has 0 bridgehead atoms. The van der Waals surface area contributed by atoms with Crippen molar-refractivity contribution in [1.29, 1.82) is 0 Å². The van der Waals surface area contributed by atoms with E-state index >= 15 is 0 Å². The highest BCUT2D eigenvalue weighted by Gasteiger charge is 2.46. The number of hydrogen-bond acceptors (Lipinski definition) is 5. The summed E-state index contributed by atoms with van der Waals surface area (Å²) in [6, 6.07) is 12.7. The summed E-state index contributed by atoms with van der Waals surface area (Å²) in [7, 11) is 0. The van der Waals surface area contributed by atoms with Crippen LogP contribution in [0.3, 0.4) is 0 Å². The topological polar surface area (TPSA) is 70.1 Å². The van der Waals surface area contributed by atoms with Gasteiger partial charge in [0.1, 0.15) is 11.5 Å². The van der Waals surface area contributed by atoms with Gasteiger partial charge in [0.15, 0.2) is 0 Å². The number of likely N-dealkylation sites (N-methyl/N-ethyl adjacent to an activating group) is 1. The van der Waals surface area contributed by atoms with Gasteiger partial charge < -0.3 is 19.6 Å². The third kappa shape index (κ3) is 5.59. The number of amides is 1. The lowest BCUT2D eigenvalue weighted by molar-refractivity contribution is -0.140. The van der Waals surface area contributed by atoms with Gasteiger partial charge >= 0.3 is 0 Å². The van der Waals surface area contributed by atoms with Gasteiger partial charge in [-0.1, -0.05) is 52.0 Å². The summed E-state index contributed by atoms with van der Waals surface area (Å²) < 4.78 is 5.62. The van der Waals surface area contributed by atoms with E-state index in [9.17, 15) is 14.7 Å². The van der Waals surface area contributed by atoms with Crippen LogP contribution in [-0.2, 0) is 9.59 Å². The van der Waals surface area contributed by atoms with Gasteiger partial charge in [-0.2, -0.15) is 0 Å². The van der Waals surface area contributed by atoms with Crippen LogP contribution in [0, 0.1) is 6.92 Å². The van der Waals surface area contributed by atoms with Crippen LogP contribution in [0.25, 0.3) is 5.76 Å². The number of hydrogen-bond donors (Lipinski definition) is 1. The summed E-state index contributed by atoms with van der Waals surface area (Å²) in [6.07, 6.45) is 0. The first-order valence-corrected chi connectivity index (χ1v) is 12.6. The van der Waals surface area contributed by atoms with Crippen molar-refractivity contribution in [3.8, 4) is 5.75 Å². The number of ketones is 1. The highest BCUT2D eigenvalue weighted by Crippen LogP contribution is 2.40. The van der Waals surface area contributed by atoms with Crippen LogP contribution < -0.4 is 4.74 Å². The van der Waals surface area contributed by atoms with Crippen molar-refractivity contribution in [3.63, 3.8) is 0 Å². The second-order valence-corrected chi connectivity index (χ2v) is 9.25. The average molecular weight is 479 g/mol. The summed E-state index contributed by atoms with van der Waals surface area (Å²) in [5.74, 6) is -0.280. The van der Waals surface area contributed by atoms with E-state index in [0.717, 1.165) is 30.0 Å². The molecule has 1 fully saturated rings. The van der Waals surface area contributed by atoms with Crippen molar-refractivity contribution in [1.82, 2.24) is 9.80 Å². The van der Waals surface area contributed by atoms with E-state index in [1.807, 2.05) is 38.1 Å². The quantitative estimate of drug-likeness (QED) is 0.286. The molecule has 1 unspecified atom stereocenters. The molecule has 1 N–H and O–H groups in total. The first kappa shape index (κ1) is 26.5. The van der Waals surface area contributed by atoms with Crippen LogP contribution in [0.1, 0.15) is 68.8 Å². The Bertz CT molecular complexity index is 1080. The number of nitrogens with zero attached hydrogens (tertiary/aromatic N) is 2. The first-order chi connectivity index (χ1) is 16.7. The Kier molecular flexibility index (Phi) is 8.73. The number of aliphatic hydroxyl groups is 1. The number of aryl methyl sites for hydroxylation is 1. The molecule has 0 spiro atoms. The van der Waals surface area contributed by atoms with E-state index in [0.29, 0.717) is 31.2 Å². The van der Waals surface area contributed by atoms with Crippen molar-refractivity contribution < 1.29 is 19.4 Å². The largest absolute Gasteiger partial charge is 0.507 e. The third-order valence-electron chi connectivity index (χ3n) is 6.76. The fourth-order valence-corrected chi connectivity index (χ4v) is 4.58. The molecule has 0 saturated carbocycles. The van der Waals surface area contributed by atoms with E-state index in [4.69, 9.17) is 4.74 Å². The van der Waals surface area contributed by atoms with Gasteiger partial charge in [-0.25, -0.2) is 0 Å². The fourth-order valence-electron chi connectivity index (χ4n) is 4.58. The van der Waals surface area contributed by atoms with Gasteiger partial charge in [0.2, 0.25) is 0 Å². The second-order valence-electron chi connectivity index (χ2n) is 9.25. The summed E-state index contributed by atoms with van der Waals surface area (Å²) in [5.41, 5.74) is 3.48.